The van der Waals surface area contributed by atoms with Crippen molar-refractivity contribution in [3.63, 3.8) is 0 Å². The summed E-state index contributed by atoms with van der Waals surface area (Å²) in [5, 5.41) is 6.55. The number of aryl methyl sites for hydroxylation is 1. The van der Waals surface area contributed by atoms with Crippen molar-refractivity contribution in [2.45, 2.75) is 18.7 Å². The first-order valence-corrected chi connectivity index (χ1v) is 12.5. The molecule has 0 unspecified atom stereocenters. The molecule has 3 rings (SSSR count). The van der Waals surface area contributed by atoms with E-state index in [0.29, 0.717) is 35.4 Å². The van der Waals surface area contributed by atoms with Crippen LogP contribution >= 0.6 is 12.2 Å². The quantitative estimate of drug-likeness (QED) is 0.474. The summed E-state index contributed by atoms with van der Waals surface area (Å²) >= 11 is 5.39. The van der Waals surface area contributed by atoms with Gasteiger partial charge in [0.15, 0.2) is 5.11 Å². The number of morpholine rings is 1. The van der Waals surface area contributed by atoms with Crippen LogP contribution in [0.4, 0.5) is 11.4 Å². The molecule has 0 radical (unpaired) electrons. The third kappa shape index (κ3) is 7.06. The number of sulfonamides is 1. The number of hydrogen-bond donors (Lipinski definition) is 3. The summed E-state index contributed by atoms with van der Waals surface area (Å²) in [6, 6.07) is 12.0. The van der Waals surface area contributed by atoms with E-state index in [4.69, 9.17) is 21.7 Å². The number of anilines is 2. The van der Waals surface area contributed by atoms with Gasteiger partial charge in [-0.3, -0.25) is 9.62 Å². The van der Waals surface area contributed by atoms with E-state index in [0.717, 1.165) is 38.4 Å². The molecule has 0 saturated carbocycles. The number of thiocarbonyl (C=S) groups is 1. The molecule has 3 N–H and O–H groups in total. The van der Waals surface area contributed by atoms with E-state index in [1.165, 1.54) is 0 Å². The molecule has 8 nitrogen and oxygen atoms in total. The summed E-state index contributed by atoms with van der Waals surface area (Å²) < 4.78 is 39.6. The molecule has 0 aromatic heterocycles. The van der Waals surface area contributed by atoms with Crippen molar-refractivity contribution in [3.8, 4) is 5.75 Å². The maximum atomic E-state index is 13.1. The van der Waals surface area contributed by atoms with Gasteiger partial charge in [0, 0.05) is 31.9 Å². The van der Waals surface area contributed by atoms with Crippen molar-refractivity contribution in [1.82, 2.24) is 10.2 Å². The van der Waals surface area contributed by atoms with Gasteiger partial charge in [-0.2, -0.15) is 0 Å². The Labute approximate surface area is 195 Å². The second kappa shape index (κ2) is 11.5. The normalized spacial score (nSPS) is 14.6. The Morgan fingerprint density at radius 1 is 1.16 bits per heavy atom. The van der Waals surface area contributed by atoms with Crippen molar-refractivity contribution in [2.75, 3.05) is 56.0 Å². The van der Waals surface area contributed by atoms with Gasteiger partial charge in [0.2, 0.25) is 0 Å². The minimum absolute atomic E-state index is 0.128. The molecule has 0 aliphatic carbocycles. The first kappa shape index (κ1) is 24.2. The maximum absolute atomic E-state index is 13.1. The molecule has 1 saturated heterocycles. The van der Waals surface area contributed by atoms with Gasteiger partial charge < -0.3 is 20.1 Å². The summed E-state index contributed by atoms with van der Waals surface area (Å²) in [4.78, 5) is 2.42. The highest BCUT2D eigenvalue weighted by Crippen LogP contribution is 2.26. The molecule has 32 heavy (non-hydrogen) atoms. The summed E-state index contributed by atoms with van der Waals surface area (Å²) in [5.41, 5.74) is 1.69. The fraction of sp³-hybridized carbons (Fsp3) is 0.409. The molecule has 1 heterocycles. The number of nitrogens with zero attached hydrogens (tertiary/aromatic N) is 1. The van der Waals surface area contributed by atoms with E-state index < -0.39 is 10.0 Å². The number of hydrogen-bond acceptors (Lipinski definition) is 6. The van der Waals surface area contributed by atoms with Crippen LogP contribution in [0.25, 0.3) is 0 Å². The van der Waals surface area contributed by atoms with Crippen LogP contribution in [0.1, 0.15) is 12.5 Å². The first-order chi connectivity index (χ1) is 15.4. The highest BCUT2D eigenvalue weighted by Gasteiger charge is 2.20. The van der Waals surface area contributed by atoms with Crippen LogP contribution in [0, 0.1) is 6.92 Å². The van der Waals surface area contributed by atoms with Crippen LogP contribution in [0.3, 0.4) is 0 Å². The molecule has 1 fully saturated rings. The van der Waals surface area contributed by atoms with Crippen molar-refractivity contribution in [2.24, 2.45) is 0 Å². The zero-order valence-corrected chi connectivity index (χ0v) is 20.0. The molecule has 1 aliphatic rings. The van der Waals surface area contributed by atoms with Gasteiger partial charge in [-0.05, 0) is 68.0 Å². The predicted molar refractivity (Wildman–Crippen MR) is 131 cm³/mol. The Kier molecular flexibility index (Phi) is 8.68. The van der Waals surface area contributed by atoms with Crippen LogP contribution in [0.2, 0.25) is 0 Å². The van der Waals surface area contributed by atoms with E-state index >= 15 is 0 Å². The maximum Gasteiger partial charge on any atom is 0.263 e. The van der Waals surface area contributed by atoms with Crippen LogP contribution in [0.5, 0.6) is 5.75 Å². The number of ether oxygens (including phenoxy) is 2. The Balaban J connectivity index is 1.65. The van der Waals surface area contributed by atoms with E-state index in [-0.39, 0.29) is 4.90 Å². The van der Waals surface area contributed by atoms with Gasteiger partial charge in [0.05, 0.1) is 25.5 Å². The summed E-state index contributed by atoms with van der Waals surface area (Å²) in [5.74, 6) is 0.682. The average Bonchev–Trinajstić information content (AvgIpc) is 2.77. The fourth-order valence-electron chi connectivity index (χ4n) is 3.27. The lowest BCUT2D eigenvalue weighted by Crippen LogP contribution is -2.42. The highest BCUT2D eigenvalue weighted by atomic mass is 32.2. The second-order valence-corrected chi connectivity index (χ2v) is 9.46. The van der Waals surface area contributed by atoms with E-state index in [9.17, 15) is 8.42 Å². The average molecular weight is 479 g/mol. The molecule has 0 spiro atoms. The lowest BCUT2D eigenvalue weighted by Gasteiger charge is -2.26. The van der Waals surface area contributed by atoms with Gasteiger partial charge in [-0.25, -0.2) is 8.42 Å². The largest absolute Gasteiger partial charge is 0.494 e. The molecule has 0 bridgehead atoms. The molecular weight excluding hydrogens is 448 g/mol. The minimum atomic E-state index is -3.84. The van der Waals surface area contributed by atoms with Crippen molar-refractivity contribution in [3.05, 3.63) is 48.0 Å². The van der Waals surface area contributed by atoms with E-state index in [2.05, 4.69) is 20.3 Å². The molecule has 1 aliphatic heterocycles. The fourth-order valence-corrected chi connectivity index (χ4v) is 4.79. The smallest absolute Gasteiger partial charge is 0.263 e. The number of nitrogens with one attached hydrogen (secondary N) is 3. The van der Waals surface area contributed by atoms with Gasteiger partial charge >= 0.3 is 0 Å². The van der Waals surface area contributed by atoms with Crippen LogP contribution in [-0.4, -0.2) is 64.4 Å². The zero-order valence-electron chi connectivity index (χ0n) is 18.4. The van der Waals surface area contributed by atoms with Crippen LogP contribution in [-0.2, 0) is 14.8 Å². The Hall–Kier alpha value is -2.40. The standard InChI is InChI=1S/C22H30N4O4S2/c1-3-30-19-7-5-18(6-8-19)25-32(27,28)21-16-17(2)4-9-20(21)24-22(31)23-10-11-26-12-14-29-15-13-26/h4-9,16,25H,3,10-15H2,1-2H3,(H2,23,24,31). The van der Waals surface area contributed by atoms with E-state index in [1.54, 1.807) is 36.4 Å². The predicted octanol–water partition coefficient (Wildman–Crippen LogP) is 2.81. The molecule has 2 aromatic rings. The van der Waals surface area contributed by atoms with Gasteiger partial charge in [0.25, 0.3) is 10.0 Å². The minimum Gasteiger partial charge on any atom is -0.494 e. The molecule has 174 valence electrons. The SMILES string of the molecule is CCOc1ccc(NS(=O)(=O)c2cc(C)ccc2NC(=S)NCCN2CCOCC2)cc1. The third-order valence-electron chi connectivity index (χ3n) is 4.91. The first-order valence-electron chi connectivity index (χ1n) is 10.6. The molecule has 0 amide bonds. The van der Waals surface area contributed by atoms with Crippen LogP contribution in [0.15, 0.2) is 47.4 Å². The number of benzene rings is 2. The summed E-state index contributed by atoms with van der Waals surface area (Å²) in [7, 11) is -3.84. The Morgan fingerprint density at radius 3 is 2.56 bits per heavy atom. The Morgan fingerprint density at radius 2 is 1.88 bits per heavy atom. The highest BCUT2D eigenvalue weighted by molar-refractivity contribution is 7.93. The number of rotatable bonds is 9. The lowest BCUT2D eigenvalue weighted by molar-refractivity contribution is 0.0389. The topological polar surface area (TPSA) is 91.9 Å². The summed E-state index contributed by atoms with van der Waals surface area (Å²) in [6.45, 7) is 9.07. The second-order valence-electron chi connectivity index (χ2n) is 7.40. The third-order valence-corrected chi connectivity index (χ3v) is 6.58. The van der Waals surface area contributed by atoms with Gasteiger partial charge in [-0.1, -0.05) is 6.07 Å². The van der Waals surface area contributed by atoms with Crippen molar-refractivity contribution in [1.29, 1.82) is 0 Å². The zero-order chi connectivity index (χ0) is 23.0. The van der Waals surface area contributed by atoms with Crippen LogP contribution < -0.4 is 20.1 Å². The Bertz CT molecular complexity index is 1010. The van der Waals surface area contributed by atoms with Gasteiger partial charge in [0.1, 0.15) is 10.6 Å². The lowest BCUT2D eigenvalue weighted by atomic mass is 10.2. The molecule has 2 aromatic carbocycles. The van der Waals surface area contributed by atoms with E-state index in [1.807, 2.05) is 19.9 Å². The molecule has 10 heteroatoms. The molecule has 0 atom stereocenters. The van der Waals surface area contributed by atoms with Crippen molar-refractivity contribution < 1.29 is 17.9 Å². The summed E-state index contributed by atoms with van der Waals surface area (Å²) in [6.07, 6.45) is 0. The van der Waals surface area contributed by atoms with Gasteiger partial charge in [-0.15, -0.1) is 0 Å². The monoisotopic (exact) mass is 478 g/mol. The van der Waals surface area contributed by atoms with Crippen molar-refractivity contribution >= 4 is 38.7 Å². The molecular formula is C22H30N4O4S2.